The van der Waals surface area contributed by atoms with Crippen LogP contribution < -0.4 is 0 Å². The fourth-order valence-corrected chi connectivity index (χ4v) is 0.654. The average Bonchev–Trinajstić information content (AvgIpc) is 1.61. The molecule has 40 valence electrons. The maximum absolute atomic E-state index is 9.69. The molecular weight excluding hydrogens is 158 g/mol. The molecule has 0 spiro atoms. The Labute approximate surface area is 52.8 Å². The molecule has 0 fully saturated rings. The van der Waals surface area contributed by atoms with Crippen molar-refractivity contribution in [3.63, 3.8) is 0 Å². The Balaban J connectivity index is 3.32. The first kappa shape index (κ1) is 7.13. The Morgan fingerprint density at radius 2 is 2.29 bits per heavy atom. The van der Waals surface area contributed by atoms with Crippen LogP contribution in [0.25, 0.3) is 0 Å². The molecule has 0 amide bonds. The van der Waals surface area contributed by atoms with Crippen LogP contribution in [-0.2, 0) is 11.5 Å². The molecule has 0 atom stereocenters. The predicted octanol–water partition coefficient (Wildman–Crippen LogP) is 1.39. The fraction of sp³-hybridized carbons (Fsp3) is 0. The van der Waals surface area contributed by atoms with Crippen LogP contribution in [0.4, 0.5) is 4.79 Å². The molecule has 0 aromatic carbocycles. The molecule has 0 rings (SSSR count). The predicted molar refractivity (Wildman–Crippen MR) is 29.4 cm³/mol. The van der Waals surface area contributed by atoms with E-state index in [1.165, 1.54) is 0 Å². The van der Waals surface area contributed by atoms with Crippen molar-refractivity contribution in [2.45, 2.75) is 0 Å². The van der Waals surface area contributed by atoms with Crippen molar-refractivity contribution in [2.75, 3.05) is 0 Å². The van der Waals surface area contributed by atoms with Crippen LogP contribution >= 0.6 is 23.5 Å². The molecular formula is CClNO2S2. The third kappa shape index (κ3) is 6.13. The molecule has 0 aliphatic heterocycles. The third-order valence-corrected chi connectivity index (χ3v) is 1.03. The van der Waals surface area contributed by atoms with E-state index in [1.807, 2.05) is 0 Å². The first-order chi connectivity index (χ1) is 3.27. The summed E-state index contributed by atoms with van der Waals surface area (Å²) in [6, 6.07) is 0. The summed E-state index contributed by atoms with van der Waals surface area (Å²) in [6.07, 6.45) is 0. The van der Waals surface area contributed by atoms with Gasteiger partial charge in [0.2, 0.25) is 11.5 Å². The molecule has 0 saturated carbocycles. The van der Waals surface area contributed by atoms with Gasteiger partial charge in [-0.1, -0.05) is 0 Å². The topological polar surface area (TPSA) is 46.5 Å². The third-order valence-electron chi connectivity index (χ3n) is 0.139. The molecule has 0 aromatic rings. The van der Waals surface area contributed by atoms with Crippen LogP contribution in [0.5, 0.6) is 0 Å². The summed E-state index contributed by atoms with van der Waals surface area (Å²) in [5.41, 5.74) is 0. The normalized spacial score (nSPS) is 7.57. The average molecular weight is 158 g/mol. The molecule has 3 nitrogen and oxygen atoms in total. The minimum Gasteiger partial charge on any atom is -0.266 e. The van der Waals surface area contributed by atoms with Gasteiger partial charge in [-0.3, -0.25) is 4.79 Å². The van der Waals surface area contributed by atoms with Gasteiger partial charge in [-0.25, -0.2) is 0 Å². The Morgan fingerprint density at radius 1 is 1.71 bits per heavy atom. The van der Waals surface area contributed by atoms with Crippen molar-refractivity contribution in [3.05, 3.63) is 0 Å². The fourth-order valence-electron chi connectivity index (χ4n) is 0.0445. The van der Waals surface area contributed by atoms with E-state index in [0.29, 0.717) is 11.9 Å². The van der Waals surface area contributed by atoms with Crippen molar-refractivity contribution in [1.82, 2.24) is 0 Å². The van der Waals surface area contributed by atoms with E-state index in [-0.39, 0.29) is 11.5 Å². The highest BCUT2D eigenvalue weighted by Gasteiger charge is 1.89. The van der Waals surface area contributed by atoms with E-state index in [9.17, 15) is 9.00 Å². The lowest BCUT2D eigenvalue weighted by molar-refractivity contribution is 0.276. The maximum Gasteiger partial charge on any atom is 0.302 e. The summed E-state index contributed by atoms with van der Waals surface area (Å²) in [5.74, 6) is 0. The van der Waals surface area contributed by atoms with Gasteiger partial charge in [-0.15, -0.1) is 3.77 Å². The van der Waals surface area contributed by atoms with E-state index < -0.39 is 4.57 Å². The monoisotopic (exact) mass is 157 g/mol. The lowest BCUT2D eigenvalue weighted by Gasteiger charge is -1.68. The van der Waals surface area contributed by atoms with Crippen LogP contribution in [-0.4, -0.2) is 8.78 Å². The Kier molecular flexibility index (Phi) is 4.37. The summed E-state index contributed by atoms with van der Waals surface area (Å²) in [6.45, 7) is 0. The second kappa shape index (κ2) is 4.29. The van der Waals surface area contributed by atoms with Gasteiger partial charge in [0.05, 0.1) is 11.9 Å². The van der Waals surface area contributed by atoms with Gasteiger partial charge >= 0.3 is 4.57 Å². The molecule has 0 bridgehead atoms. The van der Waals surface area contributed by atoms with Crippen LogP contribution in [0.3, 0.4) is 0 Å². The number of halogens is 1. The quantitative estimate of drug-likeness (QED) is 0.427. The summed E-state index contributed by atoms with van der Waals surface area (Å²) in [4.78, 5) is 9.69. The first-order valence-electron chi connectivity index (χ1n) is 1.13. The van der Waals surface area contributed by atoms with Gasteiger partial charge in [-0.2, -0.15) is 4.21 Å². The van der Waals surface area contributed by atoms with Crippen molar-refractivity contribution < 1.29 is 9.00 Å². The molecule has 7 heavy (non-hydrogen) atoms. The summed E-state index contributed by atoms with van der Waals surface area (Å²) < 4.78 is 11.6. The largest absolute Gasteiger partial charge is 0.302 e. The zero-order valence-electron chi connectivity index (χ0n) is 2.96. The molecule has 0 saturated heterocycles. The van der Waals surface area contributed by atoms with Gasteiger partial charge in [-0.05, 0) is 11.6 Å². The van der Waals surface area contributed by atoms with E-state index in [1.54, 1.807) is 0 Å². The molecule has 0 N–H and O–H groups in total. The molecule has 6 heteroatoms. The van der Waals surface area contributed by atoms with E-state index >= 15 is 0 Å². The van der Waals surface area contributed by atoms with Crippen molar-refractivity contribution in [2.24, 2.45) is 3.77 Å². The number of rotatable bonds is 1. The molecule has 0 unspecified atom stereocenters. The van der Waals surface area contributed by atoms with Gasteiger partial charge < -0.3 is 0 Å². The lowest BCUT2D eigenvalue weighted by atomic mass is 11.8. The molecule has 0 aliphatic carbocycles. The number of nitrogens with zero attached hydrogens (tertiary/aromatic N) is 1. The number of hydrogen-bond acceptors (Lipinski definition) is 4. The first-order valence-corrected chi connectivity index (χ1v) is 2.98. The van der Waals surface area contributed by atoms with Crippen molar-refractivity contribution in [3.8, 4) is 0 Å². The highest BCUT2D eigenvalue weighted by molar-refractivity contribution is 8.17. The molecule has 0 heterocycles. The maximum atomic E-state index is 9.69. The SMILES string of the molecule is O=S=NSC(=O)Cl. The minimum atomic E-state index is -0.691. The molecule has 0 aliphatic rings. The van der Waals surface area contributed by atoms with Crippen molar-refractivity contribution in [1.29, 1.82) is 0 Å². The van der Waals surface area contributed by atoms with Crippen LogP contribution in [0.15, 0.2) is 3.77 Å². The highest BCUT2D eigenvalue weighted by Crippen LogP contribution is 2.06. The number of hydrogen-bond donors (Lipinski definition) is 0. The number of carbonyl (C=O) groups excluding carboxylic acids is 1. The van der Waals surface area contributed by atoms with Gasteiger partial charge in [0.1, 0.15) is 0 Å². The van der Waals surface area contributed by atoms with Crippen molar-refractivity contribution >= 4 is 39.6 Å². The molecule has 0 aromatic heterocycles. The smallest absolute Gasteiger partial charge is 0.266 e. The van der Waals surface area contributed by atoms with Crippen LogP contribution in [0.1, 0.15) is 0 Å². The zero-order chi connectivity index (χ0) is 5.70. The highest BCUT2D eigenvalue weighted by atomic mass is 35.5. The van der Waals surface area contributed by atoms with E-state index in [4.69, 9.17) is 11.6 Å². The summed E-state index contributed by atoms with van der Waals surface area (Å²) in [5, 5.41) is 0. The summed E-state index contributed by atoms with van der Waals surface area (Å²) in [7, 11) is 0. The van der Waals surface area contributed by atoms with Crippen LogP contribution in [0.2, 0.25) is 0 Å². The number of carbonyl (C=O) groups is 1. The lowest BCUT2D eigenvalue weighted by Crippen LogP contribution is -1.61. The standard InChI is InChI=1S/CClNO2S2/c2-1(4)6-3-7-5. The molecule has 0 radical (unpaired) electrons. The zero-order valence-corrected chi connectivity index (χ0v) is 5.35. The van der Waals surface area contributed by atoms with Gasteiger partial charge in [0.25, 0.3) is 0 Å². The van der Waals surface area contributed by atoms with Gasteiger partial charge in [0.15, 0.2) is 0 Å². The second-order valence-electron chi connectivity index (χ2n) is 0.478. The Morgan fingerprint density at radius 3 is 2.43 bits per heavy atom. The van der Waals surface area contributed by atoms with Crippen LogP contribution in [0, 0.1) is 0 Å². The van der Waals surface area contributed by atoms with E-state index in [0.717, 1.165) is 0 Å². The minimum absolute atomic E-state index is 0.0374. The second-order valence-corrected chi connectivity index (χ2v) is 2.34. The summed E-state index contributed by atoms with van der Waals surface area (Å²) >= 11 is 5.13. The van der Waals surface area contributed by atoms with Gasteiger partial charge in [0, 0.05) is 0 Å². The Bertz CT molecular complexity index is 119. The Hall–Kier alpha value is 0.130. The van der Waals surface area contributed by atoms with E-state index in [2.05, 4.69) is 3.77 Å².